The lowest BCUT2D eigenvalue weighted by Crippen LogP contribution is -2.16. The average molecular weight is 696 g/mol. The van der Waals surface area contributed by atoms with Crippen molar-refractivity contribution in [1.82, 2.24) is 0 Å². The first-order chi connectivity index (χ1) is 24.9. The number of benzene rings is 6. The first kappa shape index (κ1) is 35.0. The van der Waals surface area contributed by atoms with E-state index < -0.39 is 0 Å². The normalized spacial score (nSPS) is 14.1. The number of hydrogen-bond acceptors (Lipinski definition) is 2. The van der Waals surface area contributed by atoms with Gasteiger partial charge in [-0.15, -0.1) is 0 Å². The largest absolute Gasteiger partial charge is 0.456 e. The molecule has 1 heterocycles. The van der Waals surface area contributed by atoms with Crippen molar-refractivity contribution >= 4 is 39.0 Å². The van der Waals surface area contributed by atoms with E-state index in [4.69, 9.17) is 4.42 Å². The van der Waals surface area contributed by atoms with Gasteiger partial charge in [0.25, 0.3) is 0 Å². The molecular weight excluding hydrogens is 643 g/mol. The van der Waals surface area contributed by atoms with Crippen LogP contribution in [-0.2, 0) is 21.7 Å². The zero-order chi connectivity index (χ0) is 37.7. The molecule has 0 saturated carbocycles. The third-order valence-electron chi connectivity index (χ3n) is 11.5. The third kappa shape index (κ3) is 5.88. The Bertz CT molecular complexity index is 2510. The minimum Gasteiger partial charge on any atom is -0.456 e. The van der Waals surface area contributed by atoms with Gasteiger partial charge in [0.2, 0.25) is 0 Å². The molecule has 1 aliphatic rings. The van der Waals surface area contributed by atoms with Gasteiger partial charge in [-0.05, 0) is 103 Å². The van der Waals surface area contributed by atoms with Crippen LogP contribution < -0.4 is 4.90 Å². The quantitative estimate of drug-likeness (QED) is 0.182. The molecule has 0 saturated heterocycles. The highest BCUT2D eigenvalue weighted by Gasteiger charge is 2.36. The summed E-state index contributed by atoms with van der Waals surface area (Å²) in [5, 5.41) is 2.31. The Morgan fingerprint density at radius 2 is 1.11 bits per heavy atom. The molecule has 6 aromatic carbocycles. The van der Waals surface area contributed by atoms with Crippen molar-refractivity contribution in [3.8, 4) is 22.3 Å². The maximum Gasteiger partial charge on any atom is 0.139 e. The Hall–Kier alpha value is -5.08. The summed E-state index contributed by atoms with van der Waals surface area (Å²) < 4.78 is 6.87. The molecule has 2 nitrogen and oxygen atoms in total. The van der Waals surface area contributed by atoms with Crippen molar-refractivity contribution in [2.45, 2.75) is 97.8 Å². The van der Waals surface area contributed by atoms with E-state index in [2.05, 4.69) is 202 Å². The van der Waals surface area contributed by atoms with E-state index in [9.17, 15) is 0 Å². The molecule has 0 atom stereocenters. The van der Waals surface area contributed by atoms with Crippen LogP contribution in [0.15, 0.2) is 126 Å². The lowest BCUT2D eigenvalue weighted by atomic mass is 9.79. The number of fused-ring (bicyclic) bond motifs is 6. The molecule has 7 aromatic rings. The van der Waals surface area contributed by atoms with Crippen LogP contribution in [0.2, 0.25) is 0 Å². The minimum absolute atomic E-state index is 0.0203. The fourth-order valence-corrected chi connectivity index (χ4v) is 8.33. The Kier molecular flexibility index (Phi) is 7.90. The van der Waals surface area contributed by atoms with E-state index in [1.54, 1.807) is 0 Å². The maximum atomic E-state index is 6.87. The van der Waals surface area contributed by atoms with Crippen LogP contribution in [0.3, 0.4) is 0 Å². The summed E-state index contributed by atoms with van der Waals surface area (Å²) in [6.45, 7) is 25.3. The standard InChI is InChI=1S/C51H53NO/c1-48(2,3)34-23-19-32(20-24-34)33-21-25-36(26-22-33)52(37-27-28-42-39(31-37)38-15-12-13-16-41(38)51(42,10)11)44-17-14-18-45-46(44)40-29-35(49(4,5)6)30-43(47(40)53-45)50(7,8)9/h12-31H,1-11H3. The van der Waals surface area contributed by atoms with Gasteiger partial charge >= 0.3 is 0 Å². The first-order valence-corrected chi connectivity index (χ1v) is 19.2. The number of hydrogen-bond donors (Lipinski definition) is 0. The van der Waals surface area contributed by atoms with Gasteiger partial charge in [0.15, 0.2) is 0 Å². The van der Waals surface area contributed by atoms with Crippen molar-refractivity contribution in [3.63, 3.8) is 0 Å². The van der Waals surface area contributed by atoms with E-state index >= 15 is 0 Å². The molecule has 0 aliphatic heterocycles. The zero-order valence-corrected chi connectivity index (χ0v) is 33.4. The van der Waals surface area contributed by atoms with E-state index in [1.165, 1.54) is 55.5 Å². The van der Waals surface area contributed by atoms with Gasteiger partial charge in [-0.25, -0.2) is 0 Å². The Morgan fingerprint density at radius 1 is 0.509 bits per heavy atom. The molecule has 0 N–H and O–H groups in total. The van der Waals surface area contributed by atoms with Crippen LogP contribution in [0.25, 0.3) is 44.2 Å². The molecule has 2 heteroatoms. The van der Waals surface area contributed by atoms with Crippen molar-refractivity contribution in [2.24, 2.45) is 0 Å². The van der Waals surface area contributed by atoms with Gasteiger partial charge in [0.05, 0.1) is 11.1 Å². The van der Waals surface area contributed by atoms with Crippen molar-refractivity contribution < 1.29 is 4.42 Å². The highest BCUT2D eigenvalue weighted by molar-refractivity contribution is 6.14. The summed E-state index contributed by atoms with van der Waals surface area (Å²) in [7, 11) is 0. The van der Waals surface area contributed by atoms with E-state index in [-0.39, 0.29) is 21.7 Å². The molecule has 0 bridgehead atoms. The second-order valence-electron chi connectivity index (χ2n) is 18.8. The number of nitrogens with zero attached hydrogens (tertiary/aromatic N) is 1. The molecule has 1 aromatic heterocycles. The summed E-state index contributed by atoms with van der Waals surface area (Å²) in [5.41, 5.74) is 16.9. The van der Waals surface area contributed by atoms with E-state index in [1.807, 2.05) is 0 Å². The predicted octanol–water partition coefficient (Wildman–Crippen LogP) is 14.9. The van der Waals surface area contributed by atoms with Crippen molar-refractivity contribution in [1.29, 1.82) is 0 Å². The first-order valence-electron chi connectivity index (χ1n) is 19.2. The van der Waals surface area contributed by atoms with E-state index in [0.29, 0.717) is 0 Å². The summed E-state index contributed by atoms with van der Waals surface area (Å²) in [6, 6.07) is 45.4. The van der Waals surface area contributed by atoms with Crippen LogP contribution in [0, 0.1) is 0 Å². The fourth-order valence-electron chi connectivity index (χ4n) is 8.33. The molecule has 0 amide bonds. The van der Waals surface area contributed by atoms with Crippen molar-refractivity contribution in [2.75, 3.05) is 4.90 Å². The van der Waals surface area contributed by atoms with Gasteiger partial charge < -0.3 is 9.32 Å². The van der Waals surface area contributed by atoms with Gasteiger partial charge in [-0.2, -0.15) is 0 Å². The molecule has 53 heavy (non-hydrogen) atoms. The summed E-state index contributed by atoms with van der Waals surface area (Å²) in [4.78, 5) is 2.44. The molecule has 0 unspecified atom stereocenters. The average Bonchev–Trinajstić information content (AvgIpc) is 3.60. The number of rotatable bonds is 4. The number of furan rings is 1. The molecular formula is C51H53NO. The molecule has 8 rings (SSSR count). The Labute approximate surface area is 316 Å². The molecule has 0 spiro atoms. The van der Waals surface area contributed by atoms with Crippen LogP contribution >= 0.6 is 0 Å². The van der Waals surface area contributed by atoms with Gasteiger partial charge in [0, 0.05) is 27.7 Å². The summed E-state index contributed by atoms with van der Waals surface area (Å²) in [5.74, 6) is 0. The summed E-state index contributed by atoms with van der Waals surface area (Å²) in [6.07, 6.45) is 0. The molecule has 0 radical (unpaired) electrons. The SMILES string of the molecule is CC(C)(C)c1ccc(-c2ccc(N(c3ccc4c(c3)-c3ccccc3C4(C)C)c3cccc4oc5c(C(C)(C)C)cc(C(C)(C)C)cc5c34)cc2)cc1. The van der Waals surface area contributed by atoms with Crippen molar-refractivity contribution in [3.05, 3.63) is 149 Å². The van der Waals surface area contributed by atoms with E-state index in [0.717, 1.165) is 33.6 Å². The smallest absolute Gasteiger partial charge is 0.139 e. The monoisotopic (exact) mass is 695 g/mol. The molecule has 268 valence electrons. The van der Waals surface area contributed by atoms with Gasteiger partial charge in [-0.1, -0.05) is 155 Å². The van der Waals surface area contributed by atoms with Gasteiger partial charge in [-0.3, -0.25) is 0 Å². The van der Waals surface area contributed by atoms with Gasteiger partial charge in [0.1, 0.15) is 11.2 Å². The molecule has 0 fully saturated rings. The highest BCUT2D eigenvalue weighted by atomic mass is 16.3. The van der Waals surface area contributed by atoms with Crippen LogP contribution in [0.1, 0.15) is 104 Å². The fraction of sp³-hybridized carbons (Fsp3) is 0.294. The van der Waals surface area contributed by atoms with Crippen LogP contribution in [0.4, 0.5) is 17.1 Å². The minimum atomic E-state index is -0.0890. The molecule has 1 aliphatic carbocycles. The second-order valence-corrected chi connectivity index (χ2v) is 18.8. The highest BCUT2D eigenvalue weighted by Crippen LogP contribution is 2.52. The van der Waals surface area contributed by atoms with Crippen LogP contribution in [0.5, 0.6) is 0 Å². The topological polar surface area (TPSA) is 16.4 Å². The lowest BCUT2D eigenvalue weighted by Gasteiger charge is -2.28. The second kappa shape index (κ2) is 12.0. The predicted molar refractivity (Wildman–Crippen MR) is 228 cm³/mol. The number of anilines is 3. The third-order valence-corrected chi connectivity index (χ3v) is 11.5. The zero-order valence-electron chi connectivity index (χ0n) is 33.4. The summed E-state index contributed by atoms with van der Waals surface area (Å²) >= 11 is 0. The lowest BCUT2D eigenvalue weighted by molar-refractivity contribution is 0.559. The van der Waals surface area contributed by atoms with Crippen LogP contribution in [-0.4, -0.2) is 0 Å². The Morgan fingerprint density at radius 3 is 1.75 bits per heavy atom. The maximum absolute atomic E-state index is 6.87. The Balaban J connectivity index is 1.37.